The number of carbonyl (C=O) groups is 1. The summed E-state index contributed by atoms with van der Waals surface area (Å²) in [5, 5.41) is 4.17. The molecule has 0 bridgehead atoms. The van der Waals surface area contributed by atoms with Crippen LogP contribution in [0.5, 0.6) is 0 Å². The highest BCUT2D eigenvalue weighted by Gasteiger charge is 2.43. The van der Waals surface area contributed by atoms with Gasteiger partial charge in [0.2, 0.25) is 5.89 Å². The van der Waals surface area contributed by atoms with Gasteiger partial charge in [0.25, 0.3) is 0 Å². The van der Waals surface area contributed by atoms with Gasteiger partial charge in [0.1, 0.15) is 0 Å². The van der Waals surface area contributed by atoms with Crippen LogP contribution in [0.4, 0.5) is 0 Å². The van der Waals surface area contributed by atoms with Crippen LogP contribution in [0.15, 0.2) is 4.52 Å². The van der Waals surface area contributed by atoms with Crippen LogP contribution in [0.2, 0.25) is 0 Å². The van der Waals surface area contributed by atoms with Gasteiger partial charge in [-0.25, -0.2) is 0 Å². The number of rotatable bonds is 4. The van der Waals surface area contributed by atoms with E-state index in [9.17, 15) is 4.79 Å². The zero-order chi connectivity index (χ0) is 14.2. The Bertz CT molecular complexity index is 491. The van der Waals surface area contributed by atoms with Crippen LogP contribution in [0.1, 0.15) is 70.0 Å². The molecule has 0 saturated heterocycles. The van der Waals surface area contributed by atoms with E-state index in [1.807, 2.05) is 6.92 Å². The molecule has 2 aliphatic carbocycles. The molecular formula is C15H22N2O3. The van der Waals surface area contributed by atoms with Gasteiger partial charge in [-0.15, -0.1) is 0 Å². The summed E-state index contributed by atoms with van der Waals surface area (Å²) in [5.74, 6) is 1.27. The van der Waals surface area contributed by atoms with E-state index in [0.29, 0.717) is 12.5 Å². The van der Waals surface area contributed by atoms with E-state index in [2.05, 4.69) is 17.1 Å². The highest BCUT2D eigenvalue weighted by atomic mass is 16.5. The predicted molar refractivity (Wildman–Crippen MR) is 72.2 cm³/mol. The second-order valence-corrected chi connectivity index (χ2v) is 6.27. The monoisotopic (exact) mass is 278 g/mol. The number of carbonyl (C=O) groups excluding carboxylic acids is 1. The maximum absolute atomic E-state index is 11.8. The first-order valence-corrected chi connectivity index (χ1v) is 7.65. The van der Waals surface area contributed by atoms with Crippen molar-refractivity contribution in [3.63, 3.8) is 0 Å². The smallest absolute Gasteiger partial charge is 0.309 e. The highest BCUT2D eigenvalue weighted by Crippen LogP contribution is 2.44. The number of hydrogen-bond donors (Lipinski definition) is 0. The van der Waals surface area contributed by atoms with Crippen molar-refractivity contribution >= 4 is 5.97 Å². The van der Waals surface area contributed by atoms with Crippen LogP contribution in [0.3, 0.4) is 0 Å². The molecule has 5 nitrogen and oxygen atoms in total. The molecule has 1 aromatic heterocycles. The fourth-order valence-corrected chi connectivity index (χ4v) is 3.34. The van der Waals surface area contributed by atoms with Gasteiger partial charge in [-0.05, 0) is 32.6 Å². The fraction of sp³-hybridized carbons (Fsp3) is 0.800. The number of ether oxygens (including phenoxy) is 1. The molecule has 110 valence electrons. The lowest BCUT2D eigenvalue weighted by Crippen LogP contribution is -2.33. The average molecular weight is 278 g/mol. The van der Waals surface area contributed by atoms with E-state index >= 15 is 0 Å². The molecule has 0 amide bonds. The Kier molecular flexibility index (Phi) is 3.52. The Morgan fingerprint density at radius 2 is 2.15 bits per heavy atom. The number of nitrogens with zero attached hydrogens (tertiary/aromatic N) is 2. The lowest BCUT2D eigenvalue weighted by molar-refractivity contribution is -0.152. The zero-order valence-electron chi connectivity index (χ0n) is 12.2. The second kappa shape index (κ2) is 5.19. The summed E-state index contributed by atoms with van der Waals surface area (Å²) in [5.41, 5.74) is 0.0604. The SMILES string of the molecule is CCOC(=O)[C@@H]1CC[C@@H]1c1nc(C2(C)CCCC2)no1. The molecule has 0 radical (unpaired) electrons. The number of aromatic nitrogens is 2. The van der Waals surface area contributed by atoms with Crippen molar-refractivity contribution in [1.82, 2.24) is 10.1 Å². The quantitative estimate of drug-likeness (QED) is 0.792. The average Bonchev–Trinajstić information content (AvgIpc) is 2.98. The van der Waals surface area contributed by atoms with E-state index in [0.717, 1.165) is 31.5 Å². The molecule has 1 aromatic rings. The van der Waals surface area contributed by atoms with Crippen molar-refractivity contribution in [1.29, 1.82) is 0 Å². The molecule has 5 heteroatoms. The molecule has 0 spiro atoms. The summed E-state index contributed by atoms with van der Waals surface area (Å²) in [4.78, 5) is 16.4. The van der Waals surface area contributed by atoms with E-state index in [-0.39, 0.29) is 23.2 Å². The van der Waals surface area contributed by atoms with Gasteiger partial charge in [0.05, 0.1) is 18.4 Å². The van der Waals surface area contributed by atoms with E-state index in [4.69, 9.17) is 9.26 Å². The molecule has 0 N–H and O–H groups in total. The third kappa shape index (κ3) is 2.23. The minimum atomic E-state index is -0.129. The predicted octanol–water partition coefficient (Wildman–Crippen LogP) is 2.96. The first kappa shape index (κ1) is 13.6. The van der Waals surface area contributed by atoms with Crippen LogP contribution < -0.4 is 0 Å². The van der Waals surface area contributed by atoms with Gasteiger partial charge in [-0.2, -0.15) is 4.98 Å². The summed E-state index contributed by atoms with van der Waals surface area (Å²) < 4.78 is 10.5. The Labute approximate surface area is 119 Å². The summed E-state index contributed by atoms with van der Waals surface area (Å²) >= 11 is 0. The molecule has 2 saturated carbocycles. The molecular weight excluding hydrogens is 256 g/mol. The second-order valence-electron chi connectivity index (χ2n) is 6.27. The van der Waals surface area contributed by atoms with Gasteiger partial charge in [0, 0.05) is 5.41 Å². The molecule has 1 heterocycles. The zero-order valence-corrected chi connectivity index (χ0v) is 12.2. The van der Waals surface area contributed by atoms with Crippen molar-refractivity contribution < 1.29 is 14.1 Å². The van der Waals surface area contributed by atoms with Crippen molar-refractivity contribution in [2.75, 3.05) is 6.61 Å². The summed E-state index contributed by atoms with van der Waals surface area (Å²) in [6, 6.07) is 0. The first-order chi connectivity index (χ1) is 9.64. The standard InChI is InChI=1S/C15H22N2O3/c1-3-19-13(18)11-7-6-10(11)12-16-14(17-20-12)15(2)8-4-5-9-15/h10-11H,3-9H2,1-2H3/t10-,11+/m0/s1. The van der Waals surface area contributed by atoms with E-state index < -0.39 is 0 Å². The largest absolute Gasteiger partial charge is 0.466 e. The van der Waals surface area contributed by atoms with Crippen LogP contribution in [0.25, 0.3) is 0 Å². The minimum absolute atomic E-state index is 0.0558. The molecule has 2 atom stereocenters. The molecule has 20 heavy (non-hydrogen) atoms. The van der Waals surface area contributed by atoms with Gasteiger partial charge in [-0.3, -0.25) is 4.79 Å². The van der Waals surface area contributed by atoms with Crippen molar-refractivity contribution in [3.05, 3.63) is 11.7 Å². The Balaban J connectivity index is 1.72. The molecule has 2 aliphatic rings. The normalized spacial score (nSPS) is 28.1. The van der Waals surface area contributed by atoms with Gasteiger partial charge >= 0.3 is 5.97 Å². The fourth-order valence-electron chi connectivity index (χ4n) is 3.34. The highest BCUT2D eigenvalue weighted by molar-refractivity contribution is 5.74. The molecule has 0 aromatic carbocycles. The lowest BCUT2D eigenvalue weighted by atomic mass is 9.73. The minimum Gasteiger partial charge on any atom is -0.466 e. The Morgan fingerprint density at radius 1 is 1.40 bits per heavy atom. The maximum atomic E-state index is 11.8. The lowest BCUT2D eigenvalue weighted by Gasteiger charge is -2.31. The van der Waals surface area contributed by atoms with Crippen LogP contribution in [-0.2, 0) is 14.9 Å². The van der Waals surface area contributed by atoms with Gasteiger partial charge in [-0.1, -0.05) is 24.9 Å². The summed E-state index contributed by atoms with van der Waals surface area (Å²) in [6.07, 6.45) is 6.50. The molecule has 0 unspecified atom stereocenters. The van der Waals surface area contributed by atoms with Crippen molar-refractivity contribution in [2.45, 2.75) is 63.7 Å². The number of esters is 1. The Hall–Kier alpha value is -1.39. The molecule has 2 fully saturated rings. The molecule has 3 rings (SSSR count). The van der Waals surface area contributed by atoms with Crippen LogP contribution in [0, 0.1) is 5.92 Å². The summed E-state index contributed by atoms with van der Waals surface area (Å²) in [6.45, 7) is 4.46. The van der Waals surface area contributed by atoms with E-state index in [1.165, 1.54) is 12.8 Å². The third-order valence-electron chi connectivity index (χ3n) is 4.87. The van der Waals surface area contributed by atoms with Crippen molar-refractivity contribution in [3.8, 4) is 0 Å². The van der Waals surface area contributed by atoms with E-state index in [1.54, 1.807) is 0 Å². The van der Waals surface area contributed by atoms with Crippen LogP contribution >= 0.6 is 0 Å². The summed E-state index contributed by atoms with van der Waals surface area (Å²) in [7, 11) is 0. The van der Waals surface area contributed by atoms with Crippen molar-refractivity contribution in [2.24, 2.45) is 5.92 Å². The van der Waals surface area contributed by atoms with Crippen LogP contribution in [-0.4, -0.2) is 22.7 Å². The maximum Gasteiger partial charge on any atom is 0.309 e. The number of hydrogen-bond acceptors (Lipinski definition) is 5. The topological polar surface area (TPSA) is 65.2 Å². The molecule has 0 aliphatic heterocycles. The Morgan fingerprint density at radius 3 is 2.75 bits per heavy atom. The first-order valence-electron chi connectivity index (χ1n) is 7.65. The van der Waals surface area contributed by atoms with Gasteiger partial charge in [0.15, 0.2) is 5.82 Å². The third-order valence-corrected chi connectivity index (χ3v) is 4.87. The van der Waals surface area contributed by atoms with Gasteiger partial charge < -0.3 is 9.26 Å².